The molecular formula is C39H52ClN3O8. The molecule has 1 amide bonds. The molecule has 2 aromatic carbocycles. The van der Waals surface area contributed by atoms with E-state index in [1.165, 1.54) is 12.0 Å². The zero-order valence-corrected chi connectivity index (χ0v) is 30.2. The van der Waals surface area contributed by atoms with Crippen LogP contribution in [0.5, 0.6) is 5.75 Å². The maximum atomic E-state index is 13.2. The number of rotatable bonds is 21. The third-order valence-corrected chi connectivity index (χ3v) is 10.4. The van der Waals surface area contributed by atoms with E-state index < -0.39 is 31.0 Å². The monoisotopic (exact) mass is 725 g/mol. The van der Waals surface area contributed by atoms with Gasteiger partial charge in [0.1, 0.15) is 30.2 Å². The van der Waals surface area contributed by atoms with E-state index in [9.17, 15) is 25.2 Å². The number of carbonyl (C=O) groups excluding carboxylic acids is 1. The predicted molar refractivity (Wildman–Crippen MR) is 194 cm³/mol. The summed E-state index contributed by atoms with van der Waals surface area (Å²) in [5, 5.41) is 53.9. The van der Waals surface area contributed by atoms with Gasteiger partial charge in [-0.05, 0) is 84.9 Å². The molecule has 5 atom stereocenters. The van der Waals surface area contributed by atoms with Crippen molar-refractivity contribution in [2.45, 2.75) is 100 Å². The number of aliphatic hydroxyl groups excluding tert-OH is 5. The van der Waals surface area contributed by atoms with Gasteiger partial charge in [0.2, 0.25) is 5.91 Å². The summed E-state index contributed by atoms with van der Waals surface area (Å²) in [6, 6.07) is 16.4. The van der Waals surface area contributed by atoms with Crippen LogP contribution in [0.1, 0.15) is 74.5 Å². The quantitative estimate of drug-likeness (QED) is 0.0949. The van der Waals surface area contributed by atoms with Crippen molar-refractivity contribution in [1.82, 2.24) is 15.2 Å². The second-order valence-electron chi connectivity index (χ2n) is 13.9. The SMILES string of the molecule is COCCN(C[C@@H](O)[C@H](O)[C@@H](O)[C@@H](O)CO)C(=O)CCCC(C)c1ccc(Cl)c(CNC2(c3cnccc3-c3ccccc3OC3CC3)CC2)c1. The molecule has 1 heterocycles. The second kappa shape index (κ2) is 18.1. The van der Waals surface area contributed by atoms with Crippen molar-refractivity contribution in [3.05, 3.63) is 82.6 Å². The van der Waals surface area contributed by atoms with Crippen molar-refractivity contribution >= 4 is 17.5 Å². The number of nitrogens with one attached hydrogen (secondary N) is 1. The molecule has 0 radical (unpaired) electrons. The summed E-state index contributed by atoms with van der Waals surface area (Å²) in [6.07, 6.45) is 3.14. The summed E-state index contributed by atoms with van der Waals surface area (Å²) >= 11 is 6.72. The van der Waals surface area contributed by atoms with Crippen LogP contribution in [0.4, 0.5) is 0 Å². The van der Waals surface area contributed by atoms with Crippen molar-refractivity contribution in [1.29, 1.82) is 0 Å². The highest BCUT2D eigenvalue weighted by molar-refractivity contribution is 6.31. The van der Waals surface area contributed by atoms with Gasteiger partial charge in [0.25, 0.3) is 0 Å². The zero-order valence-electron chi connectivity index (χ0n) is 29.5. The first kappa shape index (κ1) is 39.1. The predicted octanol–water partition coefficient (Wildman–Crippen LogP) is 3.91. The van der Waals surface area contributed by atoms with Gasteiger partial charge in [-0.2, -0.15) is 0 Å². The summed E-state index contributed by atoms with van der Waals surface area (Å²) in [4.78, 5) is 19.0. The second-order valence-corrected chi connectivity index (χ2v) is 14.4. The molecule has 2 aliphatic rings. The smallest absolute Gasteiger partial charge is 0.222 e. The number of methoxy groups -OCH3 is 1. The lowest BCUT2D eigenvalue weighted by Gasteiger charge is -2.30. The Labute approximate surface area is 305 Å². The molecule has 11 nitrogen and oxygen atoms in total. The average molecular weight is 726 g/mol. The molecule has 2 saturated carbocycles. The third kappa shape index (κ3) is 10.3. The molecule has 278 valence electrons. The van der Waals surface area contributed by atoms with Gasteiger partial charge >= 0.3 is 0 Å². The maximum absolute atomic E-state index is 13.2. The molecule has 3 aromatic rings. The van der Waals surface area contributed by atoms with Crippen LogP contribution in [0.2, 0.25) is 5.02 Å². The molecule has 0 aliphatic heterocycles. The van der Waals surface area contributed by atoms with Crippen LogP contribution in [0, 0.1) is 0 Å². The number of aromatic nitrogens is 1. The molecular weight excluding hydrogens is 674 g/mol. The first-order valence-corrected chi connectivity index (χ1v) is 18.3. The van der Waals surface area contributed by atoms with Crippen LogP contribution in [0.25, 0.3) is 11.1 Å². The van der Waals surface area contributed by atoms with E-state index in [1.807, 2.05) is 42.7 Å². The number of aliphatic hydroxyl groups is 5. The Morgan fingerprint density at radius 3 is 2.51 bits per heavy atom. The summed E-state index contributed by atoms with van der Waals surface area (Å²) in [6.45, 7) is 2.07. The molecule has 0 bridgehead atoms. The standard InChI is InChI=1S/C39H52ClN3O8/c1-25(6-5-9-36(47)43(18-19-50-2)23-33(45)37(48)38(49)34(46)24-44)26-10-13-32(40)27(20-26)21-42-39(15-16-39)31-22-41-17-14-29(31)30-7-3-4-8-35(30)51-28-11-12-28/h3-4,7-8,10,13-14,17,20,22,25,28,33-34,37-38,42,44-46,48-49H,5-6,9,11-12,15-16,18-19,21,23-24H2,1-2H3/t25?,33-,34+,37+,38+/m1/s1. The zero-order chi connectivity index (χ0) is 36.5. The van der Waals surface area contributed by atoms with Crippen molar-refractivity contribution in [2.75, 3.05) is 33.4 Å². The van der Waals surface area contributed by atoms with Gasteiger partial charge in [0.15, 0.2) is 0 Å². The molecule has 6 N–H and O–H groups in total. The van der Waals surface area contributed by atoms with Crippen molar-refractivity contribution in [3.63, 3.8) is 0 Å². The first-order valence-electron chi connectivity index (χ1n) is 17.9. The van der Waals surface area contributed by atoms with Gasteiger partial charge in [0, 0.05) is 61.7 Å². The van der Waals surface area contributed by atoms with E-state index in [4.69, 9.17) is 26.2 Å². The van der Waals surface area contributed by atoms with E-state index in [-0.39, 0.29) is 43.5 Å². The van der Waals surface area contributed by atoms with E-state index in [1.54, 1.807) is 0 Å². The van der Waals surface area contributed by atoms with Crippen LogP contribution < -0.4 is 10.1 Å². The summed E-state index contributed by atoms with van der Waals surface area (Å²) < 4.78 is 11.4. The Bertz CT molecular complexity index is 1590. The minimum Gasteiger partial charge on any atom is -0.490 e. The van der Waals surface area contributed by atoms with Crippen LogP contribution in [-0.4, -0.2) is 105 Å². The minimum atomic E-state index is -1.76. The highest BCUT2D eigenvalue weighted by atomic mass is 35.5. The number of ether oxygens (including phenoxy) is 2. The Morgan fingerprint density at radius 2 is 1.80 bits per heavy atom. The molecule has 1 aromatic heterocycles. The molecule has 0 spiro atoms. The number of nitrogens with zero attached hydrogens (tertiary/aromatic N) is 2. The third-order valence-electron chi connectivity index (χ3n) is 10.0. The minimum absolute atomic E-state index is 0.145. The lowest BCUT2D eigenvalue weighted by molar-refractivity contribution is -0.140. The Kier molecular flexibility index (Phi) is 13.9. The van der Waals surface area contributed by atoms with Gasteiger partial charge in [-0.3, -0.25) is 9.78 Å². The number of pyridine rings is 1. The summed E-state index contributed by atoms with van der Waals surface area (Å²) in [7, 11) is 1.50. The topological polar surface area (TPSA) is 165 Å². The van der Waals surface area contributed by atoms with Crippen molar-refractivity contribution < 1.29 is 39.8 Å². The molecule has 5 rings (SSSR count). The van der Waals surface area contributed by atoms with Crippen LogP contribution in [-0.2, 0) is 21.6 Å². The van der Waals surface area contributed by atoms with Crippen molar-refractivity contribution in [3.8, 4) is 16.9 Å². The van der Waals surface area contributed by atoms with Crippen LogP contribution in [0.15, 0.2) is 60.9 Å². The van der Waals surface area contributed by atoms with E-state index >= 15 is 0 Å². The van der Waals surface area contributed by atoms with E-state index in [2.05, 4.69) is 35.4 Å². The fourth-order valence-corrected chi connectivity index (χ4v) is 6.62. The summed E-state index contributed by atoms with van der Waals surface area (Å²) in [5.74, 6) is 0.824. The number of benzene rings is 2. The van der Waals surface area contributed by atoms with E-state index in [0.717, 1.165) is 65.7 Å². The number of amides is 1. The van der Waals surface area contributed by atoms with Crippen molar-refractivity contribution in [2.24, 2.45) is 0 Å². The number of hydrogen-bond acceptors (Lipinski definition) is 10. The Morgan fingerprint density at radius 1 is 1.06 bits per heavy atom. The first-order chi connectivity index (χ1) is 24.6. The Hall–Kier alpha value is -3.13. The average Bonchev–Trinajstić information content (AvgIpc) is 4.09. The van der Waals surface area contributed by atoms with Gasteiger partial charge in [-0.15, -0.1) is 0 Å². The van der Waals surface area contributed by atoms with Gasteiger partial charge < -0.3 is 45.2 Å². The maximum Gasteiger partial charge on any atom is 0.222 e. The van der Waals surface area contributed by atoms with Crippen LogP contribution in [0.3, 0.4) is 0 Å². The molecule has 2 aliphatic carbocycles. The highest BCUT2D eigenvalue weighted by Gasteiger charge is 2.46. The Balaban J connectivity index is 1.18. The number of carbonyl (C=O) groups is 1. The number of para-hydroxylation sites is 1. The molecule has 0 saturated heterocycles. The molecule has 51 heavy (non-hydrogen) atoms. The molecule has 12 heteroatoms. The fourth-order valence-electron chi connectivity index (χ4n) is 6.44. The summed E-state index contributed by atoms with van der Waals surface area (Å²) in [5.41, 5.74) is 5.26. The van der Waals surface area contributed by atoms with Gasteiger partial charge in [-0.25, -0.2) is 0 Å². The number of halogens is 1. The lowest BCUT2D eigenvalue weighted by Crippen LogP contribution is -2.51. The van der Waals surface area contributed by atoms with E-state index in [0.29, 0.717) is 24.1 Å². The van der Waals surface area contributed by atoms with Crippen LogP contribution >= 0.6 is 11.6 Å². The highest BCUT2D eigenvalue weighted by Crippen LogP contribution is 2.50. The molecule has 1 unspecified atom stereocenters. The molecule has 2 fully saturated rings. The fraction of sp³-hybridized carbons (Fsp3) is 0.538. The lowest BCUT2D eigenvalue weighted by atomic mass is 9.93. The number of hydrogen-bond donors (Lipinski definition) is 6. The van der Waals surface area contributed by atoms with Gasteiger partial charge in [0.05, 0.1) is 19.3 Å². The largest absolute Gasteiger partial charge is 0.490 e. The normalized spacial score (nSPS) is 18.0. The van der Waals surface area contributed by atoms with Gasteiger partial charge in [-0.1, -0.05) is 48.9 Å².